The number of urea groups is 1. The summed E-state index contributed by atoms with van der Waals surface area (Å²) >= 11 is 0. The number of ether oxygens (including phenoxy) is 1. The molecule has 106 valence electrons. The minimum atomic E-state index is -0.647. The van der Waals surface area contributed by atoms with Crippen LogP contribution in [0.3, 0.4) is 0 Å². The van der Waals surface area contributed by atoms with Gasteiger partial charge >= 0.3 is 6.03 Å². The van der Waals surface area contributed by atoms with Gasteiger partial charge in [-0.1, -0.05) is 30.3 Å². The second-order valence-corrected chi connectivity index (χ2v) is 4.24. The number of carbonyl (C=O) groups excluding carboxylic acids is 1. The summed E-state index contributed by atoms with van der Waals surface area (Å²) in [5.41, 5.74) is 10.0. The summed E-state index contributed by atoms with van der Waals surface area (Å²) in [5, 5.41) is 3.18. The lowest BCUT2D eigenvalue weighted by molar-refractivity contribution is 0.253. The van der Waals surface area contributed by atoms with E-state index in [1.54, 1.807) is 31.4 Å². The van der Waals surface area contributed by atoms with Crippen LogP contribution in [0.4, 0.5) is 10.5 Å². The topological polar surface area (TPSA) is 78.3 Å². The number of benzene rings is 2. The number of methoxy groups -OCH3 is 1. The Labute approximate surface area is 122 Å². The Kier molecular flexibility index (Phi) is 4.79. The van der Waals surface area contributed by atoms with E-state index in [9.17, 15) is 4.79 Å². The highest BCUT2D eigenvalue weighted by Crippen LogP contribution is 2.22. The van der Waals surface area contributed by atoms with Gasteiger partial charge in [0.15, 0.2) is 0 Å². The third-order valence-electron chi connectivity index (χ3n) is 2.93. The molecule has 21 heavy (non-hydrogen) atoms. The highest BCUT2D eigenvalue weighted by Gasteiger charge is 2.14. The fourth-order valence-electron chi connectivity index (χ4n) is 1.89. The molecular formula is C15H14N4O2. The maximum Gasteiger partial charge on any atom is 0.315 e. The van der Waals surface area contributed by atoms with Crippen LogP contribution >= 0.6 is 0 Å². The molecule has 2 rings (SSSR count). The number of hydrogen-bond acceptors (Lipinski definition) is 2. The van der Waals surface area contributed by atoms with Crippen LogP contribution in [0.2, 0.25) is 0 Å². The molecule has 0 aliphatic carbocycles. The maximum atomic E-state index is 12.0. The third kappa shape index (κ3) is 3.75. The summed E-state index contributed by atoms with van der Waals surface area (Å²) in [6, 6.07) is 15.8. The van der Waals surface area contributed by atoms with Crippen LogP contribution in [0.5, 0.6) is 5.75 Å². The van der Waals surface area contributed by atoms with E-state index in [2.05, 4.69) is 10.0 Å². The molecule has 0 bridgehead atoms. The number of hydrogen-bond donors (Lipinski definition) is 0. The van der Waals surface area contributed by atoms with Crippen LogP contribution in [0.25, 0.3) is 10.4 Å². The number of anilines is 1. The van der Waals surface area contributed by atoms with Gasteiger partial charge in [0, 0.05) is 15.7 Å². The normalized spacial score (nSPS) is 9.57. The average Bonchev–Trinajstić information content (AvgIpc) is 2.54. The lowest BCUT2D eigenvalue weighted by atomic mass is 10.2. The Morgan fingerprint density at radius 2 is 1.86 bits per heavy atom. The van der Waals surface area contributed by atoms with Crippen molar-refractivity contribution in [3.8, 4) is 5.75 Å². The molecule has 0 unspecified atom stereocenters. The van der Waals surface area contributed by atoms with Crippen LogP contribution in [0, 0.1) is 0 Å². The number of carbonyl (C=O) groups is 1. The molecular weight excluding hydrogens is 268 g/mol. The Balaban J connectivity index is 2.30. The van der Waals surface area contributed by atoms with Gasteiger partial charge in [0.25, 0.3) is 0 Å². The molecule has 0 saturated carbocycles. The first-order chi connectivity index (χ1) is 10.2. The van der Waals surface area contributed by atoms with Crippen LogP contribution in [-0.2, 0) is 6.54 Å². The van der Waals surface area contributed by atoms with E-state index < -0.39 is 6.03 Å². The van der Waals surface area contributed by atoms with Crippen LogP contribution in [0.15, 0.2) is 59.7 Å². The predicted octanol–water partition coefficient (Wildman–Crippen LogP) is 4.13. The quantitative estimate of drug-likeness (QED) is 0.480. The van der Waals surface area contributed by atoms with Gasteiger partial charge in [-0.3, -0.25) is 4.79 Å². The first kappa shape index (κ1) is 14.4. The zero-order valence-electron chi connectivity index (χ0n) is 11.5. The predicted molar refractivity (Wildman–Crippen MR) is 80.2 cm³/mol. The van der Waals surface area contributed by atoms with Gasteiger partial charge in [0.05, 0.1) is 13.7 Å². The number of rotatable bonds is 4. The first-order valence-electron chi connectivity index (χ1n) is 6.29. The Morgan fingerprint density at radius 3 is 2.43 bits per heavy atom. The molecule has 0 atom stereocenters. The van der Waals surface area contributed by atoms with Gasteiger partial charge in [0.1, 0.15) is 5.75 Å². The smallest absolute Gasteiger partial charge is 0.315 e. The SMILES string of the molecule is COc1ccc(N(Cc2ccccc2)C(=O)N=[N+]=[N-])cc1. The first-order valence-corrected chi connectivity index (χ1v) is 6.29. The molecule has 0 radical (unpaired) electrons. The Morgan fingerprint density at radius 1 is 1.19 bits per heavy atom. The standard InChI is InChI=1S/C15H14N4O2/c1-21-14-9-7-13(8-10-14)19(15(20)17-18-16)11-12-5-3-2-4-6-12/h2-10H,11H2,1H3. The summed E-state index contributed by atoms with van der Waals surface area (Å²) < 4.78 is 5.09. The fourth-order valence-corrected chi connectivity index (χ4v) is 1.89. The van der Waals surface area contributed by atoms with Crippen molar-refractivity contribution >= 4 is 11.7 Å². The number of nitrogens with zero attached hydrogens (tertiary/aromatic N) is 4. The van der Waals surface area contributed by atoms with E-state index >= 15 is 0 Å². The van der Waals surface area contributed by atoms with Crippen molar-refractivity contribution in [2.45, 2.75) is 6.54 Å². The molecule has 0 aliphatic heterocycles. The Bertz CT molecular complexity index is 649. The van der Waals surface area contributed by atoms with Gasteiger partial charge < -0.3 is 9.64 Å². The molecule has 0 heterocycles. The molecule has 0 fully saturated rings. The average molecular weight is 282 g/mol. The minimum Gasteiger partial charge on any atom is -0.497 e. The van der Waals surface area contributed by atoms with Gasteiger partial charge in [-0.25, -0.2) is 0 Å². The summed E-state index contributed by atoms with van der Waals surface area (Å²) in [7, 11) is 1.57. The molecule has 6 nitrogen and oxygen atoms in total. The molecule has 0 aliphatic rings. The Hall–Kier alpha value is -2.98. The second kappa shape index (κ2) is 6.98. The van der Waals surface area contributed by atoms with Crippen molar-refractivity contribution in [2.75, 3.05) is 12.0 Å². The van der Waals surface area contributed by atoms with Gasteiger partial charge in [-0.15, -0.1) is 0 Å². The highest BCUT2D eigenvalue weighted by molar-refractivity contribution is 5.92. The van der Waals surface area contributed by atoms with Crippen molar-refractivity contribution in [1.29, 1.82) is 0 Å². The molecule has 0 aromatic heterocycles. The van der Waals surface area contributed by atoms with Crippen molar-refractivity contribution < 1.29 is 9.53 Å². The largest absolute Gasteiger partial charge is 0.497 e. The molecule has 2 aromatic rings. The van der Waals surface area contributed by atoms with Crippen molar-refractivity contribution in [3.05, 3.63) is 70.6 Å². The third-order valence-corrected chi connectivity index (χ3v) is 2.93. The van der Waals surface area contributed by atoms with Gasteiger partial charge in [-0.05, 0) is 35.4 Å². The second-order valence-electron chi connectivity index (χ2n) is 4.24. The summed E-state index contributed by atoms with van der Waals surface area (Å²) in [4.78, 5) is 16.0. The molecule has 2 amide bonds. The summed E-state index contributed by atoms with van der Waals surface area (Å²) in [6.45, 7) is 0.324. The lowest BCUT2D eigenvalue weighted by Crippen LogP contribution is -2.27. The van der Waals surface area contributed by atoms with Crippen LogP contribution in [-0.4, -0.2) is 13.1 Å². The number of azide groups is 1. The van der Waals surface area contributed by atoms with E-state index in [0.717, 1.165) is 5.56 Å². The van der Waals surface area contributed by atoms with Crippen molar-refractivity contribution in [3.63, 3.8) is 0 Å². The molecule has 0 spiro atoms. The van der Waals surface area contributed by atoms with E-state index in [-0.39, 0.29) is 0 Å². The summed E-state index contributed by atoms with van der Waals surface area (Å²) in [5.74, 6) is 0.689. The van der Waals surface area contributed by atoms with Crippen LogP contribution < -0.4 is 9.64 Å². The maximum absolute atomic E-state index is 12.0. The number of amides is 2. The van der Waals surface area contributed by atoms with E-state index in [4.69, 9.17) is 10.3 Å². The van der Waals surface area contributed by atoms with E-state index in [0.29, 0.717) is 18.0 Å². The monoisotopic (exact) mass is 282 g/mol. The summed E-state index contributed by atoms with van der Waals surface area (Å²) in [6.07, 6.45) is 0. The van der Waals surface area contributed by atoms with Crippen LogP contribution in [0.1, 0.15) is 5.56 Å². The molecule has 6 heteroatoms. The van der Waals surface area contributed by atoms with Gasteiger partial charge in [-0.2, -0.15) is 0 Å². The van der Waals surface area contributed by atoms with E-state index in [1.165, 1.54) is 4.90 Å². The van der Waals surface area contributed by atoms with E-state index in [1.807, 2.05) is 30.3 Å². The molecule has 0 N–H and O–H groups in total. The molecule has 2 aromatic carbocycles. The lowest BCUT2D eigenvalue weighted by Gasteiger charge is -2.21. The zero-order chi connectivity index (χ0) is 15.1. The minimum absolute atomic E-state index is 0.324. The van der Waals surface area contributed by atoms with Crippen molar-refractivity contribution in [1.82, 2.24) is 0 Å². The fraction of sp³-hybridized carbons (Fsp3) is 0.133. The van der Waals surface area contributed by atoms with Gasteiger partial charge in [0.2, 0.25) is 0 Å². The highest BCUT2D eigenvalue weighted by atomic mass is 16.5. The van der Waals surface area contributed by atoms with Crippen molar-refractivity contribution in [2.24, 2.45) is 5.11 Å². The zero-order valence-corrected chi connectivity index (χ0v) is 11.5. The molecule has 0 saturated heterocycles.